The van der Waals surface area contributed by atoms with Crippen LogP contribution in [0.5, 0.6) is 0 Å². The van der Waals surface area contributed by atoms with Gasteiger partial charge in [-0.25, -0.2) is 0 Å². The molecule has 7 heteroatoms. The molecule has 0 saturated carbocycles. The average Bonchev–Trinajstić information content (AvgIpc) is 2.88. The number of rotatable bonds is 4. The smallest absolute Gasteiger partial charge is 0.240 e. The lowest BCUT2D eigenvalue weighted by Gasteiger charge is -2.16. The first-order valence-corrected chi connectivity index (χ1v) is 9.42. The molecule has 0 aliphatic carbocycles. The lowest BCUT2D eigenvalue weighted by Crippen LogP contribution is -2.28. The van der Waals surface area contributed by atoms with E-state index in [1.165, 1.54) is 11.8 Å². The second kappa shape index (κ2) is 8.03. The van der Waals surface area contributed by atoms with Crippen molar-refractivity contribution in [3.05, 3.63) is 29.3 Å². The Kier molecular flexibility index (Phi) is 6.23. The molecular formula is C19H26N4O2S. The predicted octanol–water partition coefficient (Wildman–Crippen LogP) is 3.64. The highest BCUT2D eigenvalue weighted by Gasteiger charge is 2.32. The Morgan fingerprint density at radius 1 is 1.31 bits per heavy atom. The SMILES string of the molecule is C/C(=N/N=C1\NC(=O)C(CC(=O)Nc2cccc(C)c2C)S1)C(C)(C)C. The summed E-state index contributed by atoms with van der Waals surface area (Å²) >= 11 is 1.24. The Bertz CT molecular complexity index is 778. The second-order valence-corrected chi connectivity index (χ2v) is 8.63. The second-order valence-electron chi connectivity index (χ2n) is 7.44. The Labute approximate surface area is 158 Å². The molecule has 0 spiro atoms. The van der Waals surface area contributed by atoms with Crippen LogP contribution in [-0.2, 0) is 9.59 Å². The largest absolute Gasteiger partial charge is 0.326 e. The molecule has 1 aliphatic rings. The van der Waals surface area contributed by atoms with E-state index in [-0.39, 0.29) is 23.7 Å². The topological polar surface area (TPSA) is 82.9 Å². The number of aryl methyl sites for hydroxylation is 1. The number of benzene rings is 1. The van der Waals surface area contributed by atoms with E-state index in [0.717, 1.165) is 22.5 Å². The van der Waals surface area contributed by atoms with Crippen LogP contribution in [0.15, 0.2) is 28.4 Å². The molecule has 0 aromatic heterocycles. The minimum absolute atomic E-state index is 0.0810. The highest BCUT2D eigenvalue weighted by molar-refractivity contribution is 8.15. The third-order valence-corrected chi connectivity index (χ3v) is 5.47. The summed E-state index contributed by atoms with van der Waals surface area (Å²) in [5.74, 6) is -0.407. The number of thioether (sulfide) groups is 1. The van der Waals surface area contributed by atoms with Gasteiger partial charge in [0.2, 0.25) is 11.8 Å². The summed E-state index contributed by atoms with van der Waals surface area (Å²) < 4.78 is 0. The van der Waals surface area contributed by atoms with Gasteiger partial charge >= 0.3 is 0 Å². The van der Waals surface area contributed by atoms with E-state index >= 15 is 0 Å². The molecule has 1 aromatic carbocycles. The monoisotopic (exact) mass is 374 g/mol. The number of amidine groups is 1. The van der Waals surface area contributed by atoms with Crippen molar-refractivity contribution in [2.75, 3.05) is 5.32 Å². The van der Waals surface area contributed by atoms with Gasteiger partial charge in [-0.05, 0) is 38.0 Å². The maximum absolute atomic E-state index is 12.3. The van der Waals surface area contributed by atoms with Crippen LogP contribution in [0, 0.1) is 19.3 Å². The van der Waals surface area contributed by atoms with Gasteiger partial charge in [0, 0.05) is 23.2 Å². The highest BCUT2D eigenvalue weighted by Crippen LogP contribution is 2.24. The molecule has 1 atom stereocenters. The van der Waals surface area contributed by atoms with Crippen LogP contribution in [0.25, 0.3) is 0 Å². The van der Waals surface area contributed by atoms with Crippen LogP contribution < -0.4 is 10.6 Å². The number of hydrogen-bond acceptors (Lipinski definition) is 5. The Morgan fingerprint density at radius 2 is 2.00 bits per heavy atom. The summed E-state index contributed by atoms with van der Waals surface area (Å²) in [5, 5.41) is 13.8. The van der Waals surface area contributed by atoms with Crippen molar-refractivity contribution < 1.29 is 9.59 Å². The van der Waals surface area contributed by atoms with E-state index in [1.807, 2.05) is 59.7 Å². The first-order valence-electron chi connectivity index (χ1n) is 8.54. The summed E-state index contributed by atoms with van der Waals surface area (Å²) in [4.78, 5) is 24.4. The number of carbonyl (C=O) groups excluding carboxylic acids is 2. The van der Waals surface area contributed by atoms with Crippen molar-refractivity contribution in [3.8, 4) is 0 Å². The third kappa shape index (κ3) is 5.17. The lowest BCUT2D eigenvalue weighted by molar-refractivity contribution is -0.122. The van der Waals surface area contributed by atoms with Crippen molar-refractivity contribution in [2.24, 2.45) is 15.6 Å². The summed E-state index contributed by atoms with van der Waals surface area (Å²) in [6.07, 6.45) is 0.0882. The number of hydrogen-bond donors (Lipinski definition) is 2. The molecule has 1 aliphatic heterocycles. The molecule has 2 rings (SSSR count). The molecule has 1 unspecified atom stereocenters. The number of carbonyl (C=O) groups is 2. The molecule has 6 nitrogen and oxygen atoms in total. The minimum atomic E-state index is -0.496. The van der Waals surface area contributed by atoms with Crippen LogP contribution in [0.3, 0.4) is 0 Å². The van der Waals surface area contributed by atoms with Gasteiger partial charge in [0.25, 0.3) is 0 Å². The van der Waals surface area contributed by atoms with E-state index in [0.29, 0.717) is 5.17 Å². The van der Waals surface area contributed by atoms with Gasteiger partial charge < -0.3 is 10.6 Å². The summed E-state index contributed by atoms with van der Waals surface area (Å²) in [6.45, 7) is 12.0. The molecule has 1 saturated heterocycles. The van der Waals surface area contributed by atoms with E-state index in [1.54, 1.807) is 0 Å². The van der Waals surface area contributed by atoms with Gasteiger partial charge in [-0.15, -0.1) is 5.10 Å². The standard InChI is InChI=1S/C19H26N4O2S/c1-11-8-7-9-14(12(11)2)20-16(24)10-15-17(25)21-18(26-15)23-22-13(3)19(4,5)6/h7-9,15H,10H2,1-6H3,(H,20,24)(H,21,23,25)/b22-13-. The van der Waals surface area contributed by atoms with Gasteiger partial charge in [0.15, 0.2) is 5.17 Å². The van der Waals surface area contributed by atoms with Crippen molar-refractivity contribution in [2.45, 2.75) is 53.2 Å². The van der Waals surface area contributed by atoms with E-state index < -0.39 is 5.25 Å². The molecule has 1 heterocycles. The molecule has 2 amide bonds. The number of amides is 2. The van der Waals surface area contributed by atoms with Gasteiger partial charge in [-0.3, -0.25) is 9.59 Å². The fourth-order valence-electron chi connectivity index (χ4n) is 2.11. The average molecular weight is 375 g/mol. The molecule has 26 heavy (non-hydrogen) atoms. The molecule has 0 radical (unpaired) electrons. The van der Waals surface area contributed by atoms with Crippen molar-refractivity contribution >= 4 is 40.1 Å². The predicted molar refractivity (Wildman–Crippen MR) is 109 cm³/mol. The lowest BCUT2D eigenvalue weighted by atomic mass is 9.91. The van der Waals surface area contributed by atoms with E-state index in [9.17, 15) is 9.59 Å². The number of nitrogens with zero attached hydrogens (tertiary/aromatic N) is 2. The van der Waals surface area contributed by atoms with Gasteiger partial charge in [0.05, 0.1) is 0 Å². The molecule has 2 N–H and O–H groups in total. The first kappa shape index (κ1) is 20.2. The van der Waals surface area contributed by atoms with Gasteiger partial charge in [-0.2, -0.15) is 5.10 Å². The van der Waals surface area contributed by atoms with Crippen LogP contribution in [0.4, 0.5) is 5.69 Å². The highest BCUT2D eigenvalue weighted by atomic mass is 32.2. The molecule has 0 bridgehead atoms. The fourth-order valence-corrected chi connectivity index (χ4v) is 3.03. The van der Waals surface area contributed by atoms with Crippen LogP contribution in [0.2, 0.25) is 0 Å². The van der Waals surface area contributed by atoms with Gasteiger partial charge in [0.1, 0.15) is 5.25 Å². The van der Waals surface area contributed by atoms with Crippen molar-refractivity contribution in [3.63, 3.8) is 0 Å². The summed E-state index contributed by atoms with van der Waals surface area (Å²) in [5.41, 5.74) is 3.70. The van der Waals surface area contributed by atoms with Crippen molar-refractivity contribution in [1.82, 2.24) is 5.32 Å². The third-order valence-electron chi connectivity index (χ3n) is 4.40. The maximum Gasteiger partial charge on any atom is 0.240 e. The summed E-state index contributed by atoms with van der Waals surface area (Å²) in [7, 11) is 0. The van der Waals surface area contributed by atoms with Crippen LogP contribution in [0.1, 0.15) is 45.2 Å². The Hall–Kier alpha value is -2.15. The zero-order chi connectivity index (χ0) is 19.5. The number of nitrogens with one attached hydrogen (secondary N) is 2. The maximum atomic E-state index is 12.3. The first-order chi connectivity index (χ1) is 12.1. The Morgan fingerprint density at radius 3 is 2.65 bits per heavy atom. The molecule has 1 fully saturated rings. The van der Waals surface area contributed by atoms with Crippen molar-refractivity contribution in [1.29, 1.82) is 0 Å². The quantitative estimate of drug-likeness (QED) is 0.623. The van der Waals surface area contributed by atoms with Crippen LogP contribution in [-0.4, -0.2) is 27.9 Å². The molecular weight excluding hydrogens is 348 g/mol. The normalized spacial score (nSPS) is 19.6. The van der Waals surface area contributed by atoms with E-state index in [2.05, 4.69) is 20.8 Å². The van der Waals surface area contributed by atoms with Gasteiger partial charge in [-0.1, -0.05) is 44.7 Å². The molecule has 140 valence electrons. The number of anilines is 1. The molecule has 1 aromatic rings. The summed E-state index contributed by atoms with van der Waals surface area (Å²) in [6, 6.07) is 5.75. The Balaban J connectivity index is 1.99. The fraction of sp³-hybridized carbons (Fsp3) is 0.474. The minimum Gasteiger partial charge on any atom is -0.326 e. The van der Waals surface area contributed by atoms with E-state index in [4.69, 9.17) is 0 Å². The zero-order valence-corrected chi connectivity index (χ0v) is 17.0. The van der Waals surface area contributed by atoms with Crippen LogP contribution >= 0.6 is 11.8 Å². The zero-order valence-electron chi connectivity index (χ0n) is 16.1.